The van der Waals surface area contributed by atoms with E-state index in [1.54, 1.807) is 18.2 Å². The first kappa shape index (κ1) is 12.5. The first-order valence-corrected chi connectivity index (χ1v) is 6.73. The first-order chi connectivity index (χ1) is 9.16. The highest BCUT2D eigenvalue weighted by atomic mass is 35.5. The van der Waals surface area contributed by atoms with E-state index in [0.717, 1.165) is 16.7 Å². The summed E-state index contributed by atoms with van der Waals surface area (Å²) >= 11 is 12.5. The summed E-state index contributed by atoms with van der Waals surface area (Å²) in [5, 5.41) is 4.09. The van der Waals surface area contributed by atoms with Crippen LogP contribution in [-0.2, 0) is 11.2 Å². The predicted octanol–water partition coefficient (Wildman–Crippen LogP) is 3.76. The second kappa shape index (κ2) is 4.87. The molecule has 1 heterocycles. The maximum Gasteiger partial charge on any atom is 0.225 e. The average Bonchev–Trinajstić information content (AvgIpc) is 2.38. The molecular formula is C15H11Cl2NO. The first-order valence-electron chi connectivity index (χ1n) is 5.98. The lowest BCUT2D eigenvalue weighted by molar-refractivity contribution is -0.121. The molecule has 0 saturated heterocycles. The Bertz CT molecular complexity index is 634. The van der Waals surface area contributed by atoms with Gasteiger partial charge in [-0.15, -0.1) is 0 Å². The van der Waals surface area contributed by atoms with Gasteiger partial charge >= 0.3 is 0 Å². The van der Waals surface area contributed by atoms with Crippen molar-refractivity contribution >= 4 is 29.1 Å². The van der Waals surface area contributed by atoms with E-state index in [-0.39, 0.29) is 11.9 Å². The van der Waals surface area contributed by atoms with E-state index in [9.17, 15) is 4.79 Å². The van der Waals surface area contributed by atoms with Gasteiger partial charge in [0.15, 0.2) is 0 Å². The number of halogens is 2. The number of amides is 1. The molecule has 0 unspecified atom stereocenters. The molecule has 0 aliphatic carbocycles. The van der Waals surface area contributed by atoms with Gasteiger partial charge in [0.1, 0.15) is 0 Å². The Morgan fingerprint density at radius 1 is 1.00 bits per heavy atom. The molecule has 0 aromatic heterocycles. The summed E-state index contributed by atoms with van der Waals surface area (Å²) in [6, 6.07) is 12.9. The molecule has 96 valence electrons. The molecule has 0 radical (unpaired) electrons. The molecule has 1 aliphatic heterocycles. The molecular weight excluding hydrogens is 281 g/mol. The van der Waals surface area contributed by atoms with Gasteiger partial charge in [-0.2, -0.15) is 0 Å². The minimum absolute atomic E-state index is 0.0142. The summed E-state index contributed by atoms with van der Waals surface area (Å²) in [7, 11) is 0. The second-order valence-electron chi connectivity index (χ2n) is 4.51. The lowest BCUT2D eigenvalue weighted by Crippen LogP contribution is -2.36. The normalized spacial score (nSPS) is 17.8. The Balaban J connectivity index is 2.18. The lowest BCUT2D eigenvalue weighted by Gasteiger charge is -2.28. The molecule has 1 amide bonds. The topological polar surface area (TPSA) is 29.1 Å². The van der Waals surface area contributed by atoms with Crippen molar-refractivity contribution in [2.75, 3.05) is 0 Å². The highest BCUT2D eigenvalue weighted by Crippen LogP contribution is 2.37. The maximum absolute atomic E-state index is 11.8. The number of rotatable bonds is 1. The number of carbonyl (C=O) groups is 1. The molecule has 3 rings (SSSR count). The summed E-state index contributed by atoms with van der Waals surface area (Å²) in [5.74, 6) is -0.0142. The molecule has 2 aromatic rings. The minimum Gasteiger partial charge on any atom is -0.345 e. The molecule has 1 aliphatic rings. The van der Waals surface area contributed by atoms with Gasteiger partial charge in [-0.1, -0.05) is 53.5 Å². The fraction of sp³-hybridized carbons (Fsp3) is 0.133. The van der Waals surface area contributed by atoms with Crippen LogP contribution in [0, 0.1) is 0 Å². The predicted molar refractivity (Wildman–Crippen MR) is 76.6 cm³/mol. The largest absolute Gasteiger partial charge is 0.345 e. The fourth-order valence-corrected chi connectivity index (χ4v) is 3.07. The van der Waals surface area contributed by atoms with Crippen LogP contribution in [0.4, 0.5) is 0 Å². The van der Waals surface area contributed by atoms with Crippen molar-refractivity contribution in [3.8, 4) is 0 Å². The van der Waals surface area contributed by atoms with Crippen molar-refractivity contribution in [1.82, 2.24) is 5.32 Å². The second-order valence-corrected chi connectivity index (χ2v) is 5.33. The number of hydrogen-bond acceptors (Lipinski definition) is 1. The summed E-state index contributed by atoms with van der Waals surface area (Å²) in [4.78, 5) is 11.8. The third kappa shape index (κ3) is 2.22. The monoisotopic (exact) mass is 291 g/mol. The van der Waals surface area contributed by atoms with E-state index in [1.807, 2.05) is 24.3 Å². The molecule has 0 saturated carbocycles. The molecule has 19 heavy (non-hydrogen) atoms. The van der Waals surface area contributed by atoms with E-state index in [2.05, 4.69) is 5.32 Å². The standard InChI is InChI=1S/C15H11Cl2NO/c16-11-6-3-7-12(17)14(11)15-10-5-2-1-4-9(10)8-13(19)18-15/h1-7,15H,8H2,(H,18,19)/t15-/m0/s1. The van der Waals surface area contributed by atoms with Crippen LogP contribution < -0.4 is 5.32 Å². The Labute approximate surface area is 121 Å². The Morgan fingerprint density at radius 2 is 1.68 bits per heavy atom. The number of benzene rings is 2. The Kier molecular flexibility index (Phi) is 3.21. The molecule has 0 spiro atoms. The molecule has 2 nitrogen and oxygen atoms in total. The van der Waals surface area contributed by atoms with Crippen molar-refractivity contribution in [3.63, 3.8) is 0 Å². The summed E-state index contributed by atoms with van der Waals surface area (Å²) in [6.45, 7) is 0. The van der Waals surface area contributed by atoms with Crippen LogP contribution >= 0.6 is 23.2 Å². The number of carbonyl (C=O) groups excluding carboxylic acids is 1. The molecule has 0 bridgehead atoms. The van der Waals surface area contributed by atoms with Crippen molar-refractivity contribution in [1.29, 1.82) is 0 Å². The Hall–Kier alpha value is -1.51. The average molecular weight is 292 g/mol. The van der Waals surface area contributed by atoms with Crippen molar-refractivity contribution in [2.45, 2.75) is 12.5 Å². The third-order valence-electron chi connectivity index (χ3n) is 3.31. The maximum atomic E-state index is 11.8. The van der Waals surface area contributed by atoms with Crippen LogP contribution in [0.15, 0.2) is 42.5 Å². The smallest absolute Gasteiger partial charge is 0.225 e. The molecule has 2 aromatic carbocycles. The van der Waals surface area contributed by atoms with Crippen LogP contribution in [-0.4, -0.2) is 5.91 Å². The van der Waals surface area contributed by atoms with E-state index < -0.39 is 0 Å². The van der Waals surface area contributed by atoms with E-state index in [4.69, 9.17) is 23.2 Å². The highest BCUT2D eigenvalue weighted by Gasteiger charge is 2.28. The van der Waals surface area contributed by atoms with E-state index in [0.29, 0.717) is 16.5 Å². The van der Waals surface area contributed by atoms with Crippen LogP contribution in [0.3, 0.4) is 0 Å². The fourth-order valence-electron chi connectivity index (χ4n) is 2.45. The van der Waals surface area contributed by atoms with Crippen molar-refractivity contribution in [2.24, 2.45) is 0 Å². The number of hydrogen-bond donors (Lipinski definition) is 1. The van der Waals surface area contributed by atoms with Crippen LogP contribution in [0.25, 0.3) is 0 Å². The molecule has 4 heteroatoms. The highest BCUT2D eigenvalue weighted by molar-refractivity contribution is 6.36. The number of nitrogens with one attached hydrogen (secondary N) is 1. The Morgan fingerprint density at radius 3 is 2.42 bits per heavy atom. The van der Waals surface area contributed by atoms with Crippen LogP contribution in [0.2, 0.25) is 10.0 Å². The zero-order valence-electron chi connectivity index (χ0n) is 9.99. The zero-order valence-corrected chi connectivity index (χ0v) is 11.5. The summed E-state index contributed by atoms with van der Waals surface area (Å²) in [6.07, 6.45) is 0.398. The summed E-state index contributed by atoms with van der Waals surface area (Å²) in [5.41, 5.74) is 2.83. The van der Waals surface area contributed by atoms with E-state index in [1.165, 1.54) is 0 Å². The zero-order chi connectivity index (χ0) is 13.4. The number of fused-ring (bicyclic) bond motifs is 1. The van der Waals surface area contributed by atoms with Gasteiger partial charge in [0.25, 0.3) is 0 Å². The van der Waals surface area contributed by atoms with Gasteiger partial charge in [-0.05, 0) is 23.3 Å². The van der Waals surface area contributed by atoms with Crippen molar-refractivity contribution < 1.29 is 4.79 Å². The van der Waals surface area contributed by atoms with Gasteiger partial charge in [-0.3, -0.25) is 4.79 Å². The van der Waals surface area contributed by atoms with Crippen molar-refractivity contribution in [3.05, 3.63) is 69.2 Å². The molecule has 1 atom stereocenters. The van der Waals surface area contributed by atoms with Gasteiger partial charge in [0, 0.05) is 15.6 Å². The van der Waals surface area contributed by atoms with Crippen LogP contribution in [0.1, 0.15) is 22.7 Å². The van der Waals surface area contributed by atoms with Gasteiger partial charge in [0.2, 0.25) is 5.91 Å². The quantitative estimate of drug-likeness (QED) is 0.852. The van der Waals surface area contributed by atoms with E-state index >= 15 is 0 Å². The summed E-state index contributed by atoms with van der Waals surface area (Å²) < 4.78 is 0. The third-order valence-corrected chi connectivity index (χ3v) is 3.97. The van der Waals surface area contributed by atoms with Gasteiger partial charge < -0.3 is 5.32 Å². The minimum atomic E-state index is -0.279. The van der Waals surface area contributed by atoms with Gasteiger partial charge in [0.05, 0.1) is 12.5 Å². The lowest BCUT2D eigenvalue weighted by atomic mass is 9.89. The molecule has 0 fully saturated rings. The van der Waals surface area contributed by atoms with Crippen LogP contribution in [0.5, 0.6) is 0 Å². The SMILES string of the molecule is O=C1Cc2ccccc2[C@@H](c2c(Cl)cccc2Cl)N1. The molecule has 1 N–H and O–H groups in total. The van der Waals surface area contributed by atoms with Gasteiger partial charge in [-0.25, -0.2) is 0 Å².